The van der Waals surface area contributed by atoms with Crippen molar-refractivity contribution in [2.45, 2.75) is 10.6 Å². The molecule has 0 bridgehead atoms. The van der Waals surface area contributed by atoms with Crippen molar-refractivity contribution in [3.8, 4) is 0 Å². The number of hydrogen-bond acceptors (Lipinski definition) is 3. The number of fused-ring (bicyclic) bond motifs is 1. The Labute approximate surface area is 183 Å². The van der Waals surface area contributed by atoms with E-state index in [4.69, 9.17) is 4.99 Å². The summed E-state index contributed by atoms with van der Waals surface area (Å²) in [7, 11) is 2.14. The number of anilines is 1. The largest absolute Gasteiger partial charge is 0.372 e. The fourth-order valence-corrected chi connectivity index (χ4v) is 4.34. The van der Waals surface area contributed by atoms with Crippen LogP contribution in [0.3, 0.4) is 0 Å². The van der Waals surface area contributed by atoms with Gasteiger partial charge in [-0.25, -0.2) is 0 Å². The molecule has 0 unspecified atom stereocenters. The average Bonchev–Trinajstić information content (AvgIpc) is 2.91. The average molecular weight is 421 g/mol. The number of aliphatic imine (C=N–C) groups is 1. The van der Waals surface area contributed by atoms with Crippen molar-refractivity contribution in [3.63, 3.8) is 0 Å². The van der Waals surface area contributed by atoms with Crippen LogP contribution in [0.1, 0.15) is 16.7 Å². The van der Waals surface area contributed by atoms with E-state index in [0.717, 1.165) is 24.6 Å². The summed E-state index contributed by atoms with van der Waals surface area (Å²) < 4.78 is 0. The van der Waals surface area contributed by atoms with Crippen LogP contribution in [0.25, 0.3) is 6.08 Å². The summed E-state index contributed by atoms with van der Waals surface area (Å²) in [6.07, 6.45) is 4.37. The van der Waals surface area contributed by atoms with Crippen LogP contribution >= 0.6 is 24.2 Å². The number of thioether (sulfide) groups is 1. The van der Waals surface area contributed by atoms with Gasteiger partial charge in [0, 0.05) is 35.5 Å². The molecule has 0 radical (unpaired) electrons. The predicted octanol–water partition coefficient (Wildman–Crippen LogP) is 6.35. The lowest BCUT2D eigenvalue weighted by Gasteiger charge is -2.18. The summed E-state index contributed by atoms with van der Waals surface area (Å²) >= 11 is 1.88. The Morgan fingerprint density at radius 3 is 2.48 bits per heavy atom. The minimum Gasteiger partial charge on any atom is -0.372 e. The zero-order chi connectivity index (χ0) is 19.2. The van der Waals surface area contributed by atoms with Gasteiger partial charge in [0.1, 0.15) is 0 Å². The van der Waals surface area contributed by atoms with Gasteiger partial charge in [-0.05, 0) is 29.3 Å². The Kier molecular flexibility index (Phi) is 7.56. The zero-order valence-corrected chi connectivity index (χ0v) is 18.1. The highest BCUT2D eigenvalue weighted by Gasteiger charge is 2.13. The van der Waals surface area contributed by atoms with Crippen LogP contribution in [-0.2, 0) is 5.75 Å². The summed E-state index contributed by atoms with van der Waals surface area (Å²) in [4.78, 5) is 8.41. The number of allylic oxidation sites excluding steroid dienone is 1. The molecule has 0 fully saturated rings. The molecule has 0 atom stereocenters. The summed E-state index contributed by atoms with van der Waals surface area (Å²) in [5.41, 5.74) is 6.09. The monoisotopic (exact) mass is 420 g/mol. The summed E-state index contributed by atoms with van der Waals surface area (Å²) in [6, 6.07) is 27.7. The van der Waals surface area contributed by atoms with E-state index in [0.29, 0.717) is 0 Å². The van der Waals surface area contributed by atoms with Gasteiger partial charge >= 0.3 is 0 Å². The number of nitrogens with zero attached hydrogens (tertiary/aromatic N) is 2. The molecule has 2 nitrogen and oxygen atoms in total. The quantitative estimate of drug-likeness (QED) is 0.446. The molecule has 0 amide bonds. The molecule has 4 rings (SSSR count). The standard InChI is InChI=1S/C25H24N2S.ClH/c1-27-18-17-26-23(22-12-6-7-13-24(22)27)16-15-21-11-5-8-14-25(21)28-19-20-9-3-2-4-10-20;/h2-16H,17-19H2,1H3;1H/b16-15+;. The van der Waals surface area contributed by atoms with Crippen molar-refractivity contribution in [1.82, 2.24) is 0 Å². The topological polar surface area (TPSA) is 15.6 Å². The molecular weight excluding hydrogens is 396 g/mol. The number of hydrogen-bond donors (Lipinski definition) is 0. The first kappa shape index (κ1) is 21.2. The van der Waals surface area contributed by atoms with Crippen molar-refractivity contribution in [2.75, 3.05) is 25.0 Å². The van der Waals surface area contributed by atoms with Crippen molar-refractivity contribution in [1.29, 1.82) is 0 Å². The van der Waals surface area contributed by atoms with Crippen molar-refractivity contribution in [2.24, 2.45) is 4.99 Å². The molecule has 1 aliphatic heterocycles. The summed E-state index contributed by atoms with van der Waals surface area (Å²) in [5, 5.41) is 0. The third kappa shape index (κ3) is 5.31. The van der Waals surface area contributed by atoms with E-state index >= 15 is 0 Å². The predicted molar refractivity (Wildman–Crippen MR) is 130 cm³/mol. The minimum absolute atomic E-state index is 0. The lowest BCUT2D eigenvalue weighted by molar-refractivity contribution is 0.897. The molecular formula is C25H25ClN2S. The van der Waals surface area contributed by atoms with E-state index in [9.17, 15) is 0 Å². The maximum Gasteiger partial charge on any atom is 0.0668 e. The van der Waals surface area contributed by atoms with Gasteiger partial charge in [0.05, 0.1) is 12.3 Å². The Hall–Kier alpha value is -2.49. The molecule has 1 heterocycles. The lowest BCUT2D eigenvalue weighted by Crippen LogP contribution is -2.20. The molecule has 1 aliphatic rings. The molecule has 0 aromatic heterocycles. The fraction of sp³-hybridized carbons (Fsp3) is 0.160. The Bertz CT molecular complexity index is 998. The highest BCUT2D eigenvalue weighted by atomic mass is 35.5. The number of benzene rings is 3. The van der Waals surface area contributed by atoms with Gasteiger partial charge in [-0.15, -0.1) is 24.2 Å². The zero-order valence-electron chi connectivity index (χ0n) is 16.5. The second kappa shape index (κ2) is 10.3. The van der Waals surface area contributed by atoms with Crippen molar-refractivity contribution < 1.29 is 0 Å². The van der Waals surface area contributed by atoms with Crippen LogP contribution in [0.5, 0.6) is 0 Å². The maximum atomic E-state index is 4.83. The SMILES string of the molecule is CN1CCN=C(/C=C/c2ccccc2SCc2ccccc2)c2ccccc21.Cl. The van der Waals surface area contributed by atoms with Crippen LogP contribution in [0, 0.1) is 0 Å². The molecule has 0 N–H and O–H groups in total. The summed E-state index contributed by atoms with van der Waals surface area (Å²) in [5.74, 6) is 0.972. The number of para-hydroxylation sites is 1. The van der Waals surface area contributed by atoms with E-state index in [2.05, 4.69) is 103 Å². The first-order valence-electron chi connectivity index (χ1n) is 9.60. The number of benzodiazepines with no additional fused rings is 1. The third-order valence-corrected chi connectivity index (χ3v) is 6.05. The van der Waals surface area contributed by atoms with Crippen LogP contribution in [0.15, 0.2) is 94.8 Å². The van der Waals surface area contributed by atoms with Crippen molar-refractivity contribution in [3.05, 3.63) is 102 Å². The number of rotatable bonds is 5. The van der Waals surface area contributed by atoms with Gasteiger partial charge in [0.2, 0.25) is 0 Å². The Morgan fingerprint density at radius 2 is 1.62 bits per heavy atom. The first-order valence-corrected chi connectivity index (χ1v) is 10.6. The normalized spacial score (nSPS) is 13.4. The second-order valence-corrected chi connectivity index (χ2v) is 7.87. The minimum atomic E-state index is 0. The van der Waals surface area contributed by atoms with E-state index in [1.54, 1.807) is 0 Å². The van der Waals surface area contributed by atoms with Crippen LogP contribution in [-0.4, -0.2) is 25.8 Å². The molecule has 0 spiro atoms. The number of halogens is 1. The molecule has 3 aromatic carbocycles. The van der Waals surface area contributed by atoms with Gasteiger partial charge in [-0.3, -0.25) is 4.99 Å². The third-order valence-electron chi connectivity index (χ3n) is 4.89. The van der Waals surface area contributed by atoms with Crippen LogP contribution < -0.4 is 4.90 Å². The van der Waals surface area contributed by atoms with Gasteiger partial charge < -0.3 is 4.90 Å². The van der Waals surface area contributed by atoms with E-state index < -0.39 is 0 Å². The van der Waals surface area contributed by atoms with Crippen LogP contribution in [0.4, 0.5) is 5.69 Å². The van der Waals surface area contributed by atoms with Gasteiger partial charge in [0.25, 0.3) is 0 Å². The molecule has 148 valence electrons. The highest BCUT2D eigenvalue weighted by molar-refractivity contribution is 7.98. The smallest absolute Gasteiger partial charge is 0.0668 e. The molecule has 3 aromatic rings. The summed E-state index contributed by atoms with van der Waals surface area (Å²) in [6.45, 7) is 1.76. The second-order valence-electron chi connectivity index (χ2n) is 6.85. The molecule has 4 heteroatoms. The molecule has 0 saturated carbocycles. The fourth-order valence-electron chi connectivity index (χ4n) is 3.35. The van der Waals surface area contributed by atoms with E-state index in [-0.39, 0.29) is 12.4 Å². The van der Waals surface area contributed by atoms with Gasteiger partial charge in [-0.2, -0.15) is 0 Å². The van der Waals surface area contributed by atoms with Crippen LogP contribution in [0.2, 0.25) is 0 Å². The Morgan fingerprint density at radius 1 is 0.897 bits per heavy atom. The first-order chi connectivity index (χ1) is 13.8. The molecule has 0 aliphatic carbocycles. The van der Waals surface area contributed by atoms with E-state index in [1.807, 2.05) is 11.8 Å². The maximum absolute atomic E-state index is 4.83. The molecule has 29 heavy (non-hydrogen) atoms. The molecule has 0 saturated heterocycles. The van der Waals surface area contributed by atoms with Gasteiger partial charge in [-0.1, -0.05) is 72.8 Å². The lowest BCUT2D eigenvalue weighted by atomic mass is 10.1. The highest BCUT2D eigenvalue weighted by Crippen LogP contribution is 2.28. The number of likely N-dealkylation sites (N-methyl/N-ethyl adjacent to an activating group) is 1. The van der Waals surface area contributed by atoms with E-state index in [1.165, 1.54) is 27.3 Å². The van der Waals surface area contributed by atoms with Gasteiger partial charge in [0.15, 0.2) is 0 Å². The van der Waals surface area contributed by atoms with Crippen molar-refractivity contribution >= 4 is 41.6 Å². The Balaban J connectivity index is 0.00000240.